The predicted octanol–water partition coefficient (Wildman–Crippen LogP) is 3.09. The lowest BCUT2D eigenvalue weighted by Crippen LogP contribution is -2.17. The van der Waals surface area contributed by atoms with Crippen LogP contribution >= 0.6 is 0 Å². The molecule has 16 heavy (non-hydrogen) atoms. The first-order valence-corrected chi connectivity index (χ1v) is 5.37. The van der Waals surface area contributed by atoms with E-state index in [9.17, 15) is 9.90 Å². The smallest absolute Gasteiger partial charge is 0.335 e. The van der Waals surface area contributed by atoms with Crippen LogP contribution < -0.4 is 0 Å². The SMILES string of the molecule is CCC(C)(C)c1cc(C(=O)O)c(C)cc1O. The van der Waals surface area contributed by atoms with Crippen molar-refractivity contribution in [2.24, 2.45) is 0 Å². The van der Waals surface area contributed by atoms with Gasteiger partial charge in [0.25, 0.3) is 0 Å². The maximum atomic E-state index is 11.0. The summed E-state index contributed by atoms with van der Waals surface area (Å²) in [5.74, 6) is -0.778. The minimum absolute atomic E-state index is 0.175. The van der Waals surface area contributed by atoms with Crippen molar-refractivity contribution in [3.63, 3.8) is 0 Å². The van der Waals surface area contributed by atoms with Gasteiger partial charge in [0, 0.05) is 5.56 Å². The third kappa shape index (κ3) is 2.18. The zero-order chi connectivity index (χ0) is 12.5. The predicted molar refractivity (Wildman–Crippen MR) is 63.1 cm³/mol. The molecule has 0 aliphatic heterocycles. The second-order valence-corrected chi connectivity index (χ2v) is 4.73. The largest absolute Gasteiger partial charge is 0.508 e. The van der Waals surface area contributed by atoms with Gasteiger partial charge < -0.3 is 10.2 Å². The summed E-state index contributed by atoms with van der Waals surface area (Å²) in [4.78, 5) is 11.0. The maximum absolute atomic E-state index is 11.0. The van der Waals surface area contributed by atoms with Crippen LogP contribution in [0.4, 0.5) is 0 Å². The lowest BCUT2D eigenvalue weighted by Gasteiger charge is -2.25. The van der Waals surface area contributed by atoms with E-state index in [-0.39, 0.29) is 16.7 Å². The molecule has 88 valence electrons. The molecule has 0 saturated carbocycles. The highest BCUT2D eigenvalue weighted by Crippen LogP contribution is 2.35. The summed E-state index contributed by atoms with van der Waals surface area (Å²) < 4.78 is 0. The minimum atomic E-state index is -0.953. The van der Waals surface area contributed by atoms with Crippen molar-refractivity contribution < 1.29 is 15.0 Å². The number of aromatic hydroxyl groups is 1. The van der Waals surface area contributed by atoms with E-state index < -0.39 is 5.97 Å². The molecule has 0 atom stereocenters. The van der Waals surface area contributed by atoms with Crippen LogP contribution in [0, 0.1) is 6.92 Å². The number of aromatic carboxylic acids is 1. The molecule has 1 aromatic carbocycles. The number of phenols is 1. The summed E-state index contributed by atoms with van der Waals surface area (Å²) in [6.45, 7) is 7.68. The van der Waals surface area contributed by atoms with Crippen LogP contribution in [-0.2, 0) is 5.41 Å². The van der Waals surface area contributed by atoms with Gasteiger partial charge in [-0.25, -0.2) is 4.79 Å². The van der Waals surface area contributed by atoms with E-state index in [4.69, 9.17) is 5.11 Å². The van der Waals surface area contributed by atoms with Crippen molar-refractivity contribution >= 4 is 5.97 Å². The van der Waals surface area contributed by atoms with Gasteiger partial charge in [-0.05, 0) is 36.5 Å². The summed E-state index contributed by atoms with van der Waals surface area (Å²) in [7, 11) is 0. The molecule has 3 nitrogen and oxygen atoms in total. The Morgan fingerprint density at radius 1 is 1.38 bits per heavy atom. The van der Waals surface area contributed by atoms with E-state index in [1.807, 2.05) is 20.8 Å². The zero-order valence-electron chi connectivity index (χ0n) is 10.2. The first-order valence-electron chi connectivity index (χ1n) is 5.37. The number of rotatable bonds is 3. The average Bonchev–Trinajstić information content (AvgIpc) is 2.16. The summed E-state index contributed by atoms with van der Waals surface area (Å²) in [6, 6.07) is 3.10. The normalized spacial score (nSPS) is 11.5. The van der Waals surface area contributed by atoms with Crippen LogP contribution in [0.2, 0.25) is 0 Å². The summed E-state index contributed by atoms with van der Waals surface area (Å²) >= 11 is 0. The molecule has 0 aliphatic rings. The van der Waals surface area contributed by atoms with Crippen LogP contribution in [0.5, 0.6) is 5.75 Å². The van der Waals surface area contributed by atoms with Crippen LogP contribution in [-0.4, -0.2) is 16.2 Å². The zero-order valence-corrected chi connectivity index (χ0v) is 10.2. The van der Waals surface area contributed by atoms with Gasteiger partial charge in [-0.1, -0.05) is 20.8 Å². The lowest BCUT2D eigenvalue weighted by molar-refractivity contribution is 0.0696. The molecular formula is C13H18O3. The fourth-order valence-electron chi connectivity index (χ4n) is 1.66. The number of carboxylic acid groups (broad SMARTS) is 1. The first kappa shape index (κ1) is 12.6. The number of phenolic OH excluding ortho intramolecular Hbond substituents is 1. The maximum Gasteiger partial charge on any atom is 0.335 e. The fraction of sp³-hybridized carbons (Fsp3) is 0.462. The Kier molecular flexibility index (Phi) is 3.27. The Hall–Kier alpha value is -1.51. The molecule has 0 unspecified atom stereocenters. The molecule has 0 heterocycles. The third-order valence-electron chi connectivity index (χ3n) is 3.19. The Labute approximate surface area is 95.7 Å². The number of carbonyl (C=O) groups is 1. The first-order chi connectivity index (χ1) is 7.29. The van der Waals surface area contributed by atoms with Gasteiger partial charge in [-0.15, -0.1) is 0 Å². The van der Waals surface area contributed by atoms with Crippen LogP contribution in [0.25, 0.3) is 0 Å². The molecule has 0 spiro atoms. The summed E-state index contributed by atoms with van der Waals surface area (Å²) in [5, 5.41) is 18.9. The monoisotopic (exact) mass is 222 g/mol. The van der Waals surface area contributed by atoms with Crippen LogP contribution in [0.3, 0.4) is 0 Å². The van der Waals surface area contributed by atoms with Gasteiger partial charge in [0.2, 0.25) is 0 Å². The highest BCUT2D eigenvalue weighted by atomic mass is 16.4. The molecular weight excluding hydrogens is 204 g/mol. The van der Waals surface area contributed by atoms with Gasteiger partial charge in [-0.3, -0.25) is 0 Å². The Morgan fingerprint density at radius 2 is 1.94 bits per heavy atom. The van der Waals surface area contributed by atoms with Gasteiger partial charge in [0.15, 0.2) is 0 Å². The molecule has 0 aromatic heterocycles. The highest BCUT2D eigenvalue weighted by molar-refractivity contribution is 5.90. The summed E-state index contributed by atoms with van der Waals surface area (Å²) in [5.41, 5.74) is 1.31. The fourth-order valence-corrected chi connectivity index (χ4v) is 1.66. The lowest BCUT2D eigenvalue weighted by atomic mass is 9.80. The molecule has 0 aliphatic carbocycles. The number of hydrogen-bond acceptors (Lipinski definition) is 2. The molecule has 0 fully saturated rings. The Balaban J connectivity index is 3.42. The van der Waals surface area contributed by atoms with E-state index in [1.54, 1.807) is 13.0 Å². The topological polar surface area (TPSA) is 57.5 Å². The van der Waals surface area contributed by atoms with Crippen molar-refractivity contribution in [3.8, 4) is 5.75 Å². The van der Waals surface area contributed by atoms with E-state index in [0.29, 0.717) is 11.1 Å². The Bertz CT molecular complexity index is 419. The van der Waals surface area contributed by atoms with E-state index in [2.05, 4.69) is 0 Å². The molecule has 0 radical (unpaired) electrons. The summed E-state index contributed by atoms with van der Waals surface area (Å²) in [6.07, 6.45) is 0.836. The number of aryl methyl sites for hydroxylation is 1. The standard InChI is InChI=1S/C13H18O3/c1-5-13(3,4)10-7-9(12(15)16)8(2)6-11(10)14/h6-7,14H,5H2,1-4H3,(H,15,16). The third-order valence-corrected chi connectivity index (χ3v) is 3.19. The molecule has 0 saturated heterocycles. The van der Waals surface area contributed by atoms with Crippen molar-refractivity contribution in [2.75, 3.05) is 0 Å². The molecule has 1 aromatic rings. The van der Waals surface area contributed by atoms with Gasteiger partial charge in [0.05, 0.1) is 5.56 Å². The van der Waals surface area contributed by atoms with Crippen molar-refractivity contribution in [2.45, 2.75) is 39.5 Å². The van der Waals surface area contributed by atoms with Crippen molar-refractivity contribution in [1.82, 2.24) is 0 Å². The molecule has 1 rings (SSSR count). The average molecular weight is 222 g/mol. The molecule has 3 heteroatoms. The second kappa shape index (κ2) is 4.16. The molecule has 2 N–H and O–H groups in total. The van der Waals surface area contributed by atoms with Crippen molar-refractivity contribution in [3.05, 3.63) is 28.8 Å². The molecule has 0 bridgehead atoms. The second-order valence-electron chi connectivity index (χ2n) is 4.73. The van der Waals surface area contributed by atoms with Gasteiger partial charge in [-0.2, -0.15) is 0 Å². The highest BCUT2D eigenvalue weighted by Gasteiger charge is 2.24. The van der Waals surface area contributed by atoms with E-state index >= 15 is 0 Å². The molecule has 0 amide bonds. The van der Waals surface area contributed by atoms with Crippen LogP contribution in [0.1, 0.15) is 48.7 Å². The van der Waals surface area contributed by atoms with E-state index in [0.717, 1.165) is 6.42 Å². The number of benzene rings is 1. The quantitative estimate of drug-likeness (QED) is 0.826. The minimum Gasteiger partial charge on any atom is -0.508 e. The number of carboxylic acids is 1. The van der Waals surface area contributed by atoms with Gasteiger partial charge >= 0.3 is 5.97 Å². The Morgan fingerprint density at radius 3 is 2.38 bits per heavy atom. The van der Waals surface area contributed by atoms with Crippen LogP contribution in [0.15, 0.2) is 12.1 Å². The number of hydrogen-bond donors (Lipinski definition) is 2. The van der Waals surface area contributed by atoms with Crippen molar-refractivity contribution in [1.29, 1.82) is 0 Å². The van der Waals surface area contributed by atoms with E-state index in [1.165, 1.54) is 6.07 Å². The van der Waals surface area contributed by atoms with Gasteiger partial charge in [0.1, 0.15) is 5.75 Å².